The number of ketones is 3. The Morgan fingerprint density at radius 2 is 1.68 bits per heavy atom. The average Bonchev–Trinajstić information content (AvgIpc) is 3.08. The molecular weight excluding hydrogens is 312 g/mol. The van der Waals surface area contributed by atoms with E-state index in [1.165, 1.54) is 5.56 Å². The molecule has 0 amide bonds. The van der Waals surface area contributed by atoms with E-state index in [-0.39, 0.29) is 41.0 Å². The van der Waals surface area contributed by atoms with Gasteiger partial charge in [0.2, 0.25) is 0 Å². The van der Waals surface area contributed by atoms with Crippen molar-refractivity contribution in [3.63, 3.8) is 0 Å². The van der Waals surface area contributed by atoms with Crippen molar-refractivity contribution in [2.24, 2.45) is 23.7 Å². The molecule has 1 fully saturated rings. The quantitative estimate of drug-likeness (QED) is 0.667. The monoisotopic (exact) mass is 342 g/mol. The van der Waals surface area contributed by atoms with Crippen molar-refractivity contribution >= 4 is 17.3 Å². The van der Waals surface area contributed by atoms with Crippen molar-refractivity contribution in [1.82, 2.24) is 0 Å². The number of carbonyl (C=O) groups excluding carboxylic acids is 3. The molecule has 136 valence electrons. The predicted molar refractivity (Wildman–Crippen MR) is 99.2 cm³/mol. The van der Waals surface area contributed by atoms with Gasteiger partial charge in [0.25, 0.3) is 0 Å². The lowest BCUT2D eigenvalue weighted by Gasteiger charge is -2.23. The van der Waals surface area contributed by atoms with E-state index in [4.69, 9.17) is 0 Å². The summed E-state index contributed by atoms with van der Waals surface area (Å²) in [6, 6.07) is 10.1. The topological polar surface area (TPSA) is 51.2 Å². The van der Waals surface area contributed by atoms with Crippen LogP contribution in [0.1, 0.15) is 58.4 Å². The van der Waals surface area contributed by atoms with Crippen LogP contribution in [0.2, 0.25) is 0 Å². The molecule has 0 saturated heterocycles. The maximum atomic E-state index is 12.8. The Balaban J connectivity index is 1.95. The number of aryl methyl sites for hydroxylation is 1. The fourth-order valence-corrected chi connectivity index (χ4v) is 4.17. The second-order valence-electron chi connectivity index (χ2n) is 7.63. The molecule has 1 aliphatic carbocycles. The van der Waals surface area contributed by atoms with E-state index in [1.807, 2.05) is 25.1 Å². The van der Waals surface area contributed by atoms with Crippen LogP contribution in [0.3, 0.4) is 0 Å². The van der Waals surface area contributed by atoms with Crippen molar-refractivity contribution in [2.45, 2.75) is 59.3 Å². The first kappa shape index (κ1) is 19.6. The highest BCUT2D eigenvalue weighted by molar-refractivity contribution is 5.90. The van der Waals surface area contributed by atoms with Crippen molar-refractivity contribution < 1.29 is 14.4 Å². The lowest BCUT2D eigenvalue weighted by Crippen LogP contribution is -2.30. The molecule has 0 aliphatic heterocycles. The van der Waals surface area contributed by atoms with E-state index >= 15 is 0 Å². The minimum absolute atomic E-state index is 0.0867. The van der Waals surface area contributed by atoms with Crippen molar-refractivity contribution in [3.8, 4) is 0 Å². The van der Waals surface area contributed by atoms with Gasteiger partial charge in [0.05, 0.1) is 0 Å². The zero-order valence-electron chi connectivity index (χ0n) is 15.7. The molecule has 0 spiro atoms. The van der Waals surface area contributed by atoms with Gasteiger partial charge in [-0.3, -0.25) is 14.4 Å². The molecule has 1 aromatic rings. The molecule has 0 aromatic heterocycles. The van der Waals surface area contributed by atoms with Crippen LogP contribution in [0.5, 0.6) is 0 Å². The minimum Gasteiger partial charge on any atom is -0.300 e. The van der Waals surface area contributed by atoms with Gasteiger partial charge in [-0.1, -0.05) is 43.7 Å². The van der Waals surface area contributed by atoms with E-state index in [0.717, 1.165) is 32.1 Å². The Hall–Kier alpha value is -1.77. The highest BCUT2D eigenvalue weighted by Crippen LogP contribution is 2.36. The van der Waals surface area contributed by atoms with Crippen molar-refractivity contribution in [3.05, 3.63) is 35.9 Å². The summed E-state index contributed by atoms with van der Waals surface area (Å²) in [4.78, 5) is 36.6. The summed E-state index contributed by atoms with van der Waals surface area (Å²) in [6.45, 7) is 5.15. The van der Waals surface area contributed by atoms with Crippen LogP contribution in [-0.2, 0) is 20.8 Å². The number of Topliss-reactive ketones (excluding diaryl/α,β-unsaturated/α-hetero) is 3. The average molecular weight is 342 g/mol. The van der Waals surface area contributed by atoms with Crippen LogP contribution in [0.4, 0.5) is 0 Å². The molecule has 2 rings (SSSR count). The summed E-state index contributed by atoms with van der Waals surface area (Å²) in [7, 11) is 0. The van der Waals surface area contributed by atoms with Gasteiger partial charge in [0.1, 0.15) is 17.3 Å². The Kier molecular flexibility index (Phi) is 7.10. The molecule has 0 N–H and O–H groups in total. The van der Waals surface area contributed by atoms with Crippen LogP contribution < -0.4 is 0 Å². The van der Waals surface area contributed by atoms with Gasteiger partial charge in [0.15, 0.2) is 0 Å². The molecule has 0 heterocycles. The van der Waals surface area contributed by atoms with Crippen LogP contribution in [0, 0.1) is 23.7 Å². The van der Waals surface area contributed by atoms with Gasteiger partial charge < -0.3 is 0 Å². The SMILES string of the molecule is CC(=O)C(CCc1ccccc1)CC(C)C(=O)C1CCCC1C(C)=O. The molecule has 4 unspecified atom stereocenters. The summed E-state index contributed by atoms with van der Waals surface area (Å²) < 4.78 is 0. The number of hydrogen-bond acceptors (Lipinski definition) is 3. The third-order valence-electron chi connectivity index (χ3n) is 5.73. The molecule has 1 aliphatic rings. The molecule has 25 heavy (non-hydrogen) atoms. The van der Waals surface area contributed by atoms with E-state index in [0.29, 0.717) is 6.42 Å². The van der Waals surface area contributed by atoms with Gasteiger partial charge in [0, 0.05) is 23.7 Å². The summed E-state index contributed by atoms with van der Waals surface area (Å²) in [5, 5.41) is 0. The first-order valence-corrected chi connectivity index (χ1v) is 9.48. The lowest BCUT2D eigenvalue weighted by molar-refractivity contribution is -0.133. The largest absolute Gasteiger partial charge is 0.300 e. The normalized spacial score (nSPS) is 22.4. The van der Waals surface area contributed by atoms with Crippen LogP contribution in [0.15, 0.2) is 30.3 Å². The maximum Gasteiger partial charge on any atom is 0.139 e. The Labute approximate surface area is 151 Å². The molecule has 4 atom stereocenters. The summed E-state index contributed by atoms with van der Waals surface area (Å²) in [6.07, 6.45) is 4.84. The maximum absolute atomic E-state index is 12.8. The predicted octanol–water partition coefficient (Wildman–Crippen LogP) is 4.43. The zero-order chi connectivity index (χ0) is 18.4. The summed E-state index contributed by atoms with van der Waals surface area (Å²) in [5.41, 5.74) is 1.22. The Bertz CT molecular complexity index is 605. The Morgan fingerprint density at radius 1 is 1.04 bits per heavy atom. The fraction of sp³-hybridized carbons (Fsp3) is 0.591. The molecule has 1 aromatic carbocycles. The van der Waals surface area contributed by atoms with Crippen LogP contribution in [0.25, 0.3) is 0 Å². The van der Waals surface area contributed by atoms with Crippen LogP contribution in [-0.4, -0.2) is 17.3 Å². The zero-order valence-corrected chi connectivity index (χ0v) is 15.7. The van der Waals surface area contributed by atoms with E-state index in [9.17, 15) is 14.4 Å². The molecular formula is C22H30O3. The number of carbonyl (C=O) groups is 3. The van der Waals surface area contributed by atoms with Gasteiger partial charge in [-0.25, -0.2) is 0 Å². The smallest absolute Gasteiger partial charge is 0.139 e. The van der Waals surface area contributed by atoms with Gasteiger partial charge >= 0.3 is 0 Å². The minimum atomic E-state index is -0.158. The molecule has 0 radical (unpaired) electrons. The molecule has 3 heteroatoms. The Morgan fingerprint density at radius 3 is 2.28 bits per heavy atom. The molecule has 1 saturated carbocycles. The van der Waals surface area contributed by atoms with E-state index in [1.54, 1.807) is 13.8 Å². The third kappa shape index (κ3) is 5.35. The highest BCUT2D eigenvalue weighted by Gasteiger charge is 2.38. The highest BCUT2D eigenvalue weighted by atomic mass is 16.1. The van der Waals surface area contributed by atoms with Gasteiger partial charge in [-0.05, 0) is 51.5 Å². The first-order chi connectivity index (χ1) is 11.9. The van der Waals surface area contributed by atoms with E-state index in [2.05, 4.69) is 12.1 Å². The molecule has 3 nitrogen and oxygen atoms in total. The second kappa shape index (κ2) is 9.07. The van der Waals surface area contributed by atoms with Crippen molar-refractivity contribution in [2.75, 3.05) is 0 Å². The summed E-state index contributed by atoms with van der Waals surface area (Å²) in [5.74, 6) is -0.000679. The van der Waals surface area contributed by atoms with E-state index < -0.39 is 0 Å². The molecule has 0 bridgehead atoms. The number of rotatable bonds is 9. The second-order valence-corrected chi connectivity index (χ2v) is 7.63. The third-order valence-corrected chi connectivity index (χ3v) is 5.73. The summed E-state index contributed by atoms with van der Waals surface area (Å²) >= 11 is 0. The van der Waals surface area contributed by atoms with Crippen molar-refractivity contribution in [1.29, 1.82) is 0 Å². The van der Waals surface area contributed by atoms with Crippen LogP contribution >= 0.6 is 0 Å². The number of benzene rings is 1. The lowest BCUT2D eigenvalue weighted by atomic mass is 9.79. The van der Waals surface area contributed by atoms with Gasteiger partial charge in [-0.15, -0.1) is 0 Å². The fourth-order valence-electron chi connectivity index (χ4n) is 4.17. The first-order valence-electron chi connectivity index (χ1n) is 9.48. The number of hydrogen-bond donors (Lipinski definition) is 0. The van der Waals surface area contributed by atoms with Gasteiger partial charge in [-0.2, -0.15) is 0 Å². The standard InChI is InChI=1S/C22H30O3/c1-15(22(25)21-11-7-10-20(21)17(3)24)14-19(16(2)23)13-12-18-8-5-4-6-9-18/h4-6,8-9,15,19-21H,7,10-14H2,1-3H3.